The topological polar surface area (TPSA) is 100 Å². The molecule has 1 heterocycles. The maximum atomic E-state index is 12.6. The Balaban J connectivity index is 1.32. The summed E-state index contributed by atoms with van der Waals surface area (Å²) in [5, 5.41) is 6.23. The van der Waals surface area contributed by atoms with Gasteiger partial charge in [0.2, 0.25) is 0 Å². The third kappa shape index (κ3) is 4.51. The Morgan fingerprint density at radius 1 is 0.967 bits per heavy atom. The molecule has 0 radical (unpaired) electrons. The van der Waals surface area contributed by atoms with Gasteiger partial charge in [-0.05, 0) is 37.5 Å². The van der Waals surface area contributed by atoms with E-state index in [1.165, 1.54) is 0 Å². The lowest BCUT2D eigenvalue weighted by molar-refractivity contribution is -0.118. The quantitative estimate of drug-likeness (QED) is 0.441. The molecular weight excluding hydrogens is 382 g/mol. The monoisotopic (exact) mass is 405 g/mol. The zero-order valence-electron chi connectivity index (χ0n) is 16.4. The lowest BCUT2D eigenvalue weighted by Crippen LogP contribution is -2.43. The predicted octanol–water partition coefficient (Wildman–Crippen LogP) is 4.03. The van der Waals surface area contributed by atoms with Crippen molar-refractivity contribution in [2.24, 2.45) is 0 Å². The Morgan fingerprint density at radius 3 is 2.57 bits per heavy atom. The highest BCUT2D eigenvalue weighted by Crippen LogP contribution is 2.23. The van der Waals surface area contributed by atoms with Crippen LogP contribution in [0.25, 0.3) is 10.9 Å². The number of H-pyrrole nitrogens is 1. The summed E-state index contributed by atoms with van der Waals surface area (Å²) in [5.74, 6) is -1.21. The van der Waals surface area contributed by atoms with E-state index < -0.39 is 17.8 Å². The second-order valence-electron chi connectivity index (χ2n) is 7.43. The maximum absolute atomic E-state index is 12.6. The van der Waals surface area contributed by atoms with E-state index in [1.807, 2.05) is 42.5 Å². The first-order chi connectivity index (χ1) is 14.6. The number of carbonyl (C=O) groups is 3. The van der Waals surface area contributed by atoms with Gasteiger partial charge in [-0.2, -0.15) is 0 Å². The van der Waals surface area contributed by atoms with Crippen molar-refractivity contribution in [1.29, 1.82) is 0 Å². The molecule has 0 saturated heterocycles. The van der Waals surface area contributed by atoms with Crippen molar-refractivity contribution < 1.29 is 19.1 Å². The number of aromatic nitrogens is 1. The minimum atomic E-state index is -0.640. The molecule has 1 aromatic heterocycles. The average Bonchev–Trinajstić information content (AvgIpc) is 3.18. The number of ether oxygens (including phenoxy) is 1. The van der Waals surface area contributed by atoms with Gasteiger partial charge in [0.25, 0.3) is 11.7 Å². The van der Waals surface area contributed by atoms with Gasteiger partial charge in [-0.25, -0.2) is 4.79 Å². The molecule has 4 rings (SSSR count). The van der Waals surface area contributed by atoms with E-state index >= 15 is 0 Å². The predicted molar refractivity (Wildman–Crippen MR) is 113 cm³/mol. The molecule has 1 saturated carbocycles. The average molecular weight is 405 g/mol. The van der Waals surface area contributed by atoms with Crippen molar-refractivity contribution in [3.8, 4) is 0 Å². The Hall–Kier alpha value is -3.61. The maximum Gasteiger partial charge on any atom is 0.411 e. The number of benzene rings is 2. The summed E-state index contributed by atoms with van der Waals surface area (Å²) in [6, 6.07) is 16.2. The molecule has 7 nitrogen and oxygen atoms in total. The molecule has 3 N–H and O–H groups in total. The fourth-order valence-corrected chi connectivity index (χ4v) is 3.84. The van der Waals surface area contributed by atoms with E-state index in [0.29, 0.717) is 17.7 Å². The third-order valence-electron chi connectivity index (χ3n) is 5.30. The molecule has 30 heavy (non-hydrogen) atoms. The highest BCUT2D eigenvalue weighted by atomic mass is 16.6. The van der Waals surface area contributed by atoms with Gasteiger partial charge in [0.15, 0.2) is 0 Å². The first-order valence-corrected chi connectivity index (χ1v) is 10.0. The van der Waals surface area contributed by atoms with Crippen molar-refractivity contribution in [1.82, 2.24) is 10.3 Å². The molecule has 0 bridgehead atoms. The standard InChI is InChI=1S/C23H23N3O4/c27-21(19-14-24-20-12-5-4-11-18(19)20)22(28)25-16-9-6-10-17(13-16)30-23(29)26-15-7-2-1-3-8-15/h1-5,7-8,11-12,14,16-17,24H,6,9-10,13H2,(H,25,28)(H,26,29)/t16-,17-/m1/s1. The third-order valence-corrected chi connectivity index (χ3v) is 5.30. The summed E-state index contributed by atoms with van der Waals surface area (Å²) < 4.78 is 5.51. The number of amides is 2. The number of Topliss-reactive ketones (excluding diaryl/α,β-unsaturated/α-hetero) is 1. The number of anilines is 1. The number of ketones is 1. The lowest BCUT2D eigenvalue weighted by atomic mass is 9.92. The van der Waals surface area contributed by atoms with Gasteiger partial charge >= 0.3 is 6.09 Å². The molecule has 1 fully saturated rings. The number of hydrogen-bond donors (Lipinski definition) is 3. The Kier molecular flexibility index (Phi) is 5.79. The fraction of sp³-hybridized carbons (Fsp3) is 0.261. The molecule has 0 aliphatic heterocycles. The molecule has 1 aliphatic rings. The minimum absolute atomic E-state index is 0.213. The van der Waals surface area contributed by atoms with E-state index in [0.717, 1.165) is 30.2 Å². The minimum Gasteiger partial charge on any atom is -0.446 e. The summed E-state index contributed by atoms with van der Waals surface area (Å²) in [6.07, 6.45) is 3.49. The largest absolute Gasteiger partial charge is 0.446 e. The zero-order chi connectivity index (χ0) is 20.9. The summed E-state index contributed by atoms with van der Waals surface area (Å²) in [7, 11) is 0. The molecule has 7 heteroatoms. The molecule has 154 valence electrons. The molecule has 2 amide bonds. The van der Waals surface area contributed by atoms with Crippen molar-refractivity contribution in [3.05, 3.63) is 66.4 Å². The normalized spacial score (nSPS) is 18.5. The van der Waals surface area contributed by atoms with Gasteiger partial charge in [-0.3, -0.25) is 14.9 Å². The number of para-hydroxylation sites is 2. The molecule has 3 aromatic rings. The Morgan fingerprint density at radius 2 is 1.73 bits per heavy atom. The van der Waals surface area contributed by atoms with Crippen molar-refractivity contribution in [2.45, 2.75) is 37.8 Å². The highest BCUT2D eigenvalue weighted by molar-refractivity contribution is 6.45. The van der Waals surface area contributed by atoms with Gasteiger partial charge in [-0.15, -0.1) is 0 Å². The second-order valence-corrected chi connectivity index (χ2v) is 7.43. The summed E-state index contributed by atoms with van der Waals surface area (Å²) in [6.45, 7) is 0. The molecule has 1 aliphatic carbocycles. The van der Waals surface area contributed by atoms with Gasteiger partial charge < -0.3 is 15.0 Å². The van der Waals surface area contributed by atoms with Crippen molar-refractivity contribution in [3.63, 3.8) is 0 Å². The number of fused-ring (bicyclic) bond motifs is 1. The van der Waals surface area contributed by atoms with Crippen LogP contribution in [0.3, 0.4) is 0 Å². The summed E-state index contributed by atoms with van der Waals surface area (Å²) in [5.41, 5.74) is 1.82. The lowest BCUT2D eigenvalue weighted by Gasteiger charge is -2.29. The van der Waals surface area contributed by atoms with Gasteiger partial charge in [0.05, 0.1) is 5.56 Å². The van der Waals surface area contributed by atoms with Gasteiger partial charge in [0.1, 0.15) is 6.10 Å². The summed E-state index contributed by atoms with van der Waals surface area (Å²) in [4.78, 5) is 40.3. The van der Waals surface area contributed by atoms with Crippen molar-refractivity contribution >= 4 is 34.4 Å². The highest BCUT2D eigenvalue weighted by Gasteiger charge is 2.28. The first-order valence-electron chi connectivity index (χ1n) is 10.0. The van der Waals surface area contributed by atoms with Crippen LogP contribution in [-0.4, -0.2) is 34.9 Å². The zero-order valence-corrected chi connectivity index (χ0v) is 16.4. The van der Waals surface area contributed by atoms with Crippen LogP contribution in [-0.2, 0) is 9.53 Å². The number of carbonyl (C=O) groups excluding carboxylic acids is 3. The molecule has 2 atom stereocenters. The molecular formula is C23H23N3O4. The van der Waals surface area contributed by atoms with Crippen LogP contribution in [0.15, 0.2) is 60.8 Å². The van der Waals surface area contributed by atoms with Crippen LogP contribution in [0.4, 0.5) is 10.5 Å². The molecule has 2 aromatic carbocycles. The van der Waals surface area contributed by atoms with Crippen LogP contribution >= 0.6 is 0 Å². The van der Waals surface area contributed by atoms with Crippen LogP contribution < -0.4 is 10.6 Å². The van der Waals surface area contributed by atoms with Crippen molar-refractivity contribution in [2.75, 3.05) is 5.32 Å². The molecule has 0 unspecified atom stereocenters. The SMILES string of the molecule is O=C(Nc1ccccc1)O[C@@H]1CCC[C@@H](NC(=O)C(=O)c2c[nH]c3ccccc23)C1. The fourth-order valence-electron chi connectivity index (χ4n) is 3.84. The number of rotatable bonds is 5. The van der Waals surface area contributed by atoms with E-state index in [9.17, 15) is 14.4 Å². The molecule has 0 spiro atoms. The van der Waals surface area contributed by atoms with Crippen LogP contribution in [0, 0.1) is 0 Å². The Bertz CT molecular complexity index is 1060. The smallest absolute Gasteiger partial charge is 0.411 e. The van der Waals surface area contributed by atoms with Crippen LogP contribution in [0.5, 0.6) is 0 Å². The number of nitrogens with one attached hydrogen (secondary N) is 3. The van der Waals surface area contributed by atoms with Crippen LogP contribution in [0.1, 0.15) is 36.0 Å². The van der Waals surface area contributed by atoms with Gasteiger partial charge in [-0.1, -0.05) is 36.4 Å². The Labute approximate surface area is 173 Å². The van der Waals surface area contributed by atoms with E-state index in [-0.39, 0.29) is 12.1 Å². The first kappa shape index (κ1) is 19.7. The van der Waals surface area contributed by atoms with E-state index in [4.69, 9.17) is 4.74 Å². The van der Waals surface area contributed by atoms with E-state index in [2.05, 4.69) is 15.6 Å². The number of hydrogen-bond acceptors (Lipinski definition) is 4. The second kappa shape index (κ2) is 8.82. The van der Waals surface area contributed by atoms with Crippen LogP contribution in [0.2, 0.25) is 0 Å². The summed E-state index contributed by atoms with van der Waals surface area (Å²) >= 11 is 0. The van der Waals surface area contributed by atoms with E-state index in [1.54, 1.807) is 18.3 Å². The number of aromatic amines is 1. The van der Waals surface area contributed by atoms with Gasteiger partial charge in [0, 0.05) is 35.2 Å².